The molecule has 5 heteroatoms. The molecule has 1 aliphatic rings. The van der Waals surface area contributed by atoms with Crippen molar-refractivity contribution in [3.05, 3.63) is 35.4 Å². The van der Waals surface area contributed by atoms with Crippen molar-refractivity contribution in [2.75, 3.05) is 6.54 Å². The Kier molecular flexibility index (Phi) is 3.14. The van der Waals surface area contributed by atoms with Crippen molar-refractivity contribution in [2.45, 2.75) is 18.2 Å². The molecule has 0 bridgehead atoms. The standard InChI is InChI=1S/C11H11F2NOS/c12-8-1-2-10(13)7(3-8)5-14-6-9(16)4-11(14)15/h1-3,9,16H,4-6H2. The molecular weight excluding hydrogens is 232 g/mol. The maximum absolute atomic E-state index is 13.3. The first-order chi connectivity index (χ1) is 7.56. The Morgan fingerprint density at radius 2 is 2.19 bits per heavy atom. The van der Waals surface area contributed by atoms with Crippen LogP contribution in [-0.4, -0.2) is 22.6 Å². The third-order valence-electron chi connectivity index (χ3n) is 2.56. The van der Waals surface area contributed by atoms with Crippen LogP contribution in [0.15, 0.2) is 18.2 Å². The zero-order valence-corrected chi connectivity index (χ0v) is 9.38. The minimum absolute atomic E-state index is 0.0101. The summed E-state index contributed by atoms with van der Waals surface area (Å²) in [4.78, 5) is 12.9. The van der Waals surface area contributed by atoms with E-state index >= 15 is 0 Å². The van der Waals surface area contributed by atoms with Crippen LogP contribution in [0.2, 0.25) is 0 Å². The lowest BCUT2D eigenvalue weighted by Gasteiger charge is -2.16. The van der Waals surface area contributed by atoms with Crippen molar-refractivity contribution in [1.82, 2.24) is 4.90 Å². The minimum atomic E-state index is -0.495. The van der Waals surface area contributed by atoms with E-state index in [1.54, 1.807) is 0 Å². The van der Waals surface area contributed by atoms with Crippen LogP contribution >= 0.6 is 12.6 Å². The number of likely N-dealkylation sites (tertiary alicyclic amines) is 1. The Hall–Kier alpha value is -1.10. The molecule has 0 aromatic heterocycles. The van der Waals surface area contributed by atoms with Crippen molar-refractivity contribution in [2.24, 2.45) is 0 Å². The lowest BCUT2D eigenvalue weighted by atomic mass is 10.2. The topological polar surface area (TPSA) is 20.3 Å². The van der Waals surface area contributed by atoms with E-state index in [-0.39, 0.29) is 23.3 Å². The summed E-state index contributed by atoms with van der Waals surface area (Å²) in [6.45, 7) is 0.595. The van der Waals surface area contributed by atoms with E-state index in [0.29, 0.717) is 13.0 Å². The number of nitrogens with zero attached hydrogens (tertiary/aromatic N) is 1. The highest BCUT2D eigenvalue weighted by molar-refractivity contribution is 7.81. The largest absolute Gasteiger partial charge is 0.337 e. The van der Waals surface area contributed by atoms with E-state index in [0.717, 1.165) is 18.2 Å². The summed E-state index contributed by atoms with van der Waals surface area (Å²) >= 11 is 4.19. The van der Waals surface area contributed by atoms with Crippen molar-refractivity contribution < 1.29 is 13.6 Å². The Balaban J connectivity index is 2.15. The predicted octanol–water partition coefficient (Wildman–Crippen LogP) is 2.00. The lowest BCUT2D eigenvalue weighted by Crippen LogP contribution is -2.25. The van der Waals surface area contributed by atoms with Gasteiger partial charge in [0, 0.05) is 30.3 Å². The summed E-state index contributed by atoms with van der Waals surface area (Å²) in [6, 6.07) is 3.25. The molecule has 1 atom stereocenters. The summed E-state index contributed by atoms with van der Waals surface area (Å²) in [5.74, 6) is -1.05. The molecule has 0 N–H and O–H groups in total. The fourth-order valence-corrected chi connectivity index (χ4v) is 2.13. The van der Waals surface area contributed by atoms with Crippen LogP contribution in [0.3, 0.4) is 0 Å². The quantitative estimate of drug-likeness (QED) is 0.788. The highest BCUT2D eigenvalue weighted by atomic mass is 32.1. The average molecular weight is 243 g/mol. The second-order valence-electron chi connectivity index (χ2n) is 3.87. The van der Waals surface area contributed by atoms with Crippen LogP contribution in [0, 0.1) is 11.6 Å². The van der Waals surface area contributed by atoms with Crippen molar-refractivity contribution >= 4 is 18.5 Å². The van der Waals surface area contributed by atoms with Crippen LogP contribution < -0.4 is 0 Å². The molecule has 1 unspecified atom stereocenters. The fourth-order valence-electron chi connectivity index (χ4n) is 1.77. The van der Waals surface area contributed by atoms with Crippen molar-refractivity contribution in [3.63, 3.8) is 0 Å². The van der Waals surface area contributed by atoms with Gasteiger partial charge in [0.15, 0.2) is 0 Å². The molecule has 1 fully saturated rings. The molecule has 2 nitrogen and oxygen atoms in total. The first-order valence-corrected chi connectivity index (χ1v) is 5.47. The molecule has 0 saturated carbocycles. The number of hydrogen-bond acceptors (Lipinski definition) is 2. The van der Waals surface area contributed by atoms with E-state index in [4.69, 9.17) is 0 Å². The van der Waals surface area contributed by atoms with E-state index in [9.17, 15) is 13.6 Å². The number of thiol groups is 1. The van der Waals surface area contributed by atoms with E-state index < -0.39 is 11.6 Å². The van der Waals surface area contributed by atoms with Gasteiger partial charge in [0.1, 0.15) is 11.6 Å². The number of carbonyl (C=O) groups excluding carboxylic acids is 1. The molecule has 0 spiro atoms. The molecule has 1 aromatic rings. The van der Waals surface area contributed by atoms with Gasteiger partial charge in [0.25, 0.3) is 0 Å². The molecule has 16 heavy (non-hydrogen) atoms. The number of amides is 1. The maximum atomic E-state index is 13.3. The molecule has 2 rings (SSSR count). The van der Waals surface area contributed by atoms with Crippen LogP contribution in [0.1, 0.15) is 12.0 Å². The van der Waals surface area contributed by atoms with Gasteiger partial charge in [0.05, 0.1) is 0 Å². The summed E-state index contributed by atoms with van der Waals surface area (Å²) in [5, 5.41) is -0.0101. The van der Waals surface area contributed by atoms with Gasteiger partial charge in [-0.15, -0.1) is 0 Å². The fraction of sp³-hybridized carbons (Fsp3) is 0.364. The van der Waals surface area contributed by atoms with Crippen molar-refractivity contribution in [1.29, 1.82) is 0 Å². The smallest absolute Gasteiger partial charge is 0.224 e. The first kappa shape index (κ1) is 11.4. The van der Waals surface area contributed by atoms with Crippen LogP contribution in [0.25, 0.3) is 0 Å². The molecule has 1 heterocycles. The molecule has 1 aliphatic heterocycles. The second kappa shape index (κ2) is 4.41. The van der Waals surface area contributed by atoms with Gasteiger partial charge in [-0.1, -0.05) is 0 Å². The number of carbonyl (C=O) groups is 1. The molecule has 1 saturated heterocycles. The molecule has 1 aromatic carbocycles. The van der Waals surface area contributed by atoms with Gasteiger partial charge in [0.2, 0.25) is 5.91 Å². The Bertz CT molecular complexity index is 424. The van der Waals surface area contributed by atoms with Crippen LogP contribution in [-0.2, 0) is 11.3 Å². The van der Waals surface area contributed by atoms with Gasteiger partial charge < -0.3 is 4.90 Å². The SMILES string of the molecule is O=C1CC(S)CN1Cc1cc(F)ccc1F. The van der Waals surface area contributed by atoms with Crippen molar-refractivity contribution in [3.8, 4) is 0 Å². The van der Waals surface area contributed by atoms with Gasteiger partial charge >= 0.3 is 0 Å². The van der Waals surface area contributed by atoms with Crippen LogP contribution in [0.4, 0.5) is 8.78 Å². The van der Waals surface area contributed by atoms with E-state index in [2.05, 4.69) is 12.6 Å². The second-order valence-corrected chi connectivity index (χ2v) is 4.60. The third kappa shape index (κ3) is 2.35. The monoisotopic (exact) mass is 243 g/mol. The van der Waals surface area contributed by atoms with E-state index in [1.165, 1.54) is 4.90 Å². The third-order valence-corrected chi connectivity index (χ3v) is 2.91. The zero-order chi connectivity index (χ0) is 11.7. The highest BCUT2D eigenvalue weighted by Crippen LogP contribution is 2.20. The summed E-state index contributed by atoms with van der Waals surface area (Å²) in [7, 11) is 0. The molecule has 0 radical (unpaired) electrons. The molecule has 0 aliphatic carbocycles. The average Bonchev–Trinajstić information content (AvgIpc) is 2.51. The van der Waals surface area contributed by atoms with Crippen LogP contribution in [0.5, 0.6) is 0 Å². The number of benzene rings is 1. The normalized spacial score (nSPS) is 20.6. The lowest BCUT2D eigenvalue weighted by molar-refractivity contribution is -0.128. The Morgan fingerprint density at radius 3 is 2.81 bits per heavy atom. The van der Waals surface area contributed by atoms with Gasteiger partial charge in [-0.25, -0.2) is 8.78 Å². The summed E-state index contributed by atoms with van der Waals surface area (Å²) in [6.07, 6.45) is 0.361. The minimum Gasteiger partial charge on any atom is -0.337 e. The highest BCUT2D eigenvalue weighted by Gasteiger charge is 2.27. The zero-order valence-electron chi connectivity index (χ0n) is 8.49. The number of halogens is 2. The maximum Gasteiger partial charge on any atom is 0.224 e. The summed E-state index contributed by atoms with van der Waals surface area (Å²) < 4.78 is 26.2. The van der Waals surface area contributed by atoms with Gasteiger partial charge in [-0.3, -0.25) is 4.79 Å². The Morgan fingerprint density at radius 1 is 1.44 bits per heavy atom. The predicted molar refractivity (Wildman–Crippen MR) is 59.2 cm³/mol. The first-order valence-electron chi connectivity index (χ1n) is 4.96. The van der Waals surface area contributed by atoms with Gasteiger partial charge in [-0.05, 0) is 18.2 Å². The molecular formula is C11H11F2NOS. The van der Waals surface area contributed by atoms with Gasteiger partial charge in [-0.2, -0.15) is 12.6 Å². The molecule has 1 amide bonds. The molecule has 86 valence electrons. The number of rotatable bonds is 2. The Labute approximate surface area is 97.7 Å². The van der Waals surface area contributed by atoms with E-state index in [1.807, 2.05) is 0 Å². The summed E-state index contributed by atoms with van der Waals surface area (Å²) in [5.41, 5.74) is 0.204. The number of hydrogen-bond donors (Lipinski definition) is 1.